The molecule has 1 aromatic heterocycles. The molecule has 3 aromatic rings. The maximum absolute atomic E-state index is 12.5. The van der Waals surface area contributed by atoms with Crippen LogP contribution in [0, 0.1) is 0 Å². The second-order valence-electron chi connectivity index (χ2n) is 6.27. The molecule has 3 rings (SSSR count). The van der Waals surface area contributed by atoms with Crippen LogP contribution in [0.1, 0.15) is 5.56 Å². The van der Waals surface area contributed by atoms with E-state index in [2.05, 4.69) is 31.1 Å². The number of nitrogens with zero attached hydrogens (tertiary/aromatic N) is 2. The molecule has 0 amide bonds. The summed E-state index contributed by atoms with van der Waals surface area (Å²) in [5.41, 5.74) is 3.41. The van der Waals surface area contributed by atoms with Crippen LogP contribution in [0.5, 0.6) is 5.75 Å². The number of aryl methyl sites for hydroxylation is 1. The molecule has 0 fully saturated rings. The molecule has 0 N–H and O–H groups in total. The van der Waals surface area contributed by atoms with E-state index in [0.717, 1.165) is 28.8 Å². The smallest absolute Gasteiger partial charge is 0.258 e. The van der Waals surface area contributed by atoms with Crippen molar-refractivity contribution in [2.75, 3.05) is 21.2 Å². The number of methoxy groups -OCH3 is 1. The minimum Gasteiger partial charge on any atom is -0.497 e. The third-order valence-corrected chi connectivity index (χ3v) is 4.18. The second kappa shape index (κ2) is 7.72. The Bertz CT molecular complexity index is 948. The lowest BCUT2D eigenvalue weighted by Gasteiger charge is -2.17. The number of rotatable bonds is 4. The van der Waals surface area contributed by atoms with Crippen LogP contribution in [-0.2, 0) is 13.6 Å². The SMILES string of the molecule is COc1ccc2c(=O)n(C)cc(-c3ccccc3CN(C)C)c2c1.Cl. The van der Waals surface area contributed by atoms with Crippen LogP contribution in [0.25, 0.3) is 21.9 Å². The highest BCUT2D eigenvalue weighted by Gasteiger charge is 2.13. The number of hydrogen-bond donors (Lipinski definition) is 0. The zero-order chi connectivity index (χ0) is 17.3. The summed E-state index contributed by atoms with van der Waals surface area (Å²) in [7, 11) is 7.54. The minimum absolute atomic E-state index is 0. The predicted octanol–water partition coefficient (Wildman–Crippen LogP) is 3.70. The molecular weight excluding hydrogens is 336 g/mol. The van der Waals surface area contributed by atoms with E-state index < -0.39 is 0 Å². The van der Waals surface area contributed by atoms with E-state index >= 15 is 0 Å². The first-order valence-electron chi connectivity index (χ1n) is 7.91. The highest BCUT2D eigenvalue weighted by Crippen LogP contribution is 2.32. The highest BCUT2D eigenvalue weighted by atomic mass is 35.5. The van der Waals surface area contributed by atoms with Crippen molar-refractivity contribution in [3.05, 3.63) is 64.6 Å². The minimum atomic E-state index is 0. The van der Waals surface area contributed by atoms with Gasteiger partial charge in [0.2, 0.25) is 0 Å². The molecule has 25 heavy (non-hydrogen) atoms. The van der Waals surface area contributed by atoms with Crippen LogP contribution < -0.4 is 10.3 Å². The molecule has 1 heterocycles. The standard InChI is InChI=1S/C20H22N2O2.ClH/c1-21(2)12-14-7-5-6-8-16(14)19-13-22(3)20(23)17-10-9-15(24-4)11-18(17)19;/h5-11,13H,12H2,1-4H3;1H. The first-order valence-corrected chi connectivity index (χ1v) is 7.91. The fourth-order valence-electron chi connectivity index (χ4n) is 3.05. The number of benzene rings is 2. The molecule has 0 radical (unpaired) electrons. The Morgan fingerprint density at radius 2 is 1.76 bits per heavy atom. The van der Waals surface area contributed by atoms with Crippen LogP contribution in [0.4, 0.5) is 0 Å². The topological polar surface area (TPSA) is 34.5 Å². The monoisotopic (exact) mass is 358 g/mol. The van der Waals surface area contributed by atoms with Gasteiger partial charge in [-0.05, 0) is 43.4 Å². The number of ether oxygens (including phenoxy) is 1. The number of halogens is 1. The second-order valence-corrected chi connectivity index (χ2v) is 6.27. The molecule has 0 bridgehead atoms. The van der Waals surface area contributed by atoms with Gasteiger partial charge in [-0.2, -0.15) is 0 Å². The van der Waals surface area contributed by atoms with E-state index in [-0.39, 0.29) is 18.0 Å². The van der Waals surface area contributed by atoms with Gasteiger partial charge in [0.25, 0.3) is 5.56 Å². The van der Waals surface area contributed by atoms with Gasteiger partial charge in [0.05, 0.1) is 7.11 Å². The third kappa shape index (κ3) is 3.70. The third-order valence-electron chi connectivity index (χ3n) is 4.18. The first kappa shape index (κ1) is 19.0. The average Bonchev–Trinajstić information content (AvgIpc) is 2.58. The van der Waals surface area contributed by atoms with Gasteiger partial charge >= 0.3 is 0 Å². The Hall–Kier alpha value is -2.30. The van der Waals surface area contributed by atoms with Crippen molar-refractivity contribution in [1.82, 2.24) is 9.47 Å². The molecule has 132 valence electrons. The summed E-state index contributed by atoms with van der Waals surface area (Å²) >= 11 is 0. The Balaban J connectivity index is 0.00000225. The van der Waals surface area contributed by atoms with Gasteiger partial charge in [-0.3, -0.25) is 4.79 Å². The van der Waals surface area contributed by atoms with Crippen molar-refractivity contribution in [2.45, 2.75) is 6.54 Å². The Kier molecular flexibility index (Phi) is 5.88. The van der Waals surface area contributed by atoms with Gasteiger partial charge < -0.3 is 14.2 Å². The maximum Gasteiger partial charge on any atom is 0.258 e. The summed E-state index contributed by atoms with van der Waals surface area (Å²) in [5, 5.41) is 1.62. The average molecular weight is 359 g/mol. The molecule has 0 aliphatic carbocycles. The van der Waals surface area contributed by atoms with Crippen LogP contribution >= 0.6 is 12.4 Å². The normalized spacial score (nSPS) is 10.8. The lowest BCUT2D eigenvalue weighted by atomic mass is 9.96. The van der Waals surface area contributed by atoms with E-state index in [1.807, 2.05) is 36.5 Å². The van der Waals surface area contributed by atoms with Gasteiger partial charge in [-0.25, -0.2) is 0 Å². The summed E-state index contributed by atoms with van der Waals surface area (Å²) in [4.78, 5) is 14.6. The van der Waals surface area contributed by atoms with Crippen molar-refractivity contribution in [2.24, 2.45) is 7.05 Å². The van der Waals surface area contributed by atoms with Gasteiger partial charge in [0.1, 0.15) is 5.75 Å². The molecule has 0 spiro atoms. The van der Waals surface area contributed by atoms with Crippen LogP contribution in [-0.4, -0.2) is 30.7 Å². The maximum atomic E-state index is 12.5. The van der Waals surface area contributed by atoms with Crippen molar-refractivity contribution in [3.63, 3.8) is 0 Å². The molecular formula is C20H23ClN2O2. The number of pyridine rings is 1. The quantitative estimate of drug-likeness (QED) is 0.713. The van der Waals surface area contributed by atoms with E-state index in [4.69, 9.17) is 4.74 Å². The molecule has 0 aliphatic rings. The number of hydrogen-bond acceptors (Lipinski definition) is 3. The van der Waals surface area contributed by atoms with Crippen molar-refractivity contribution >= 4 is 23.2 Å². The van der Waals surface area contributed by atoms with E-state index in [1.165, 1.54) is 5.56 Å². The summed E-state index contributed by atoms with van der Waals surface area (Å²) in [6.07, 6.45) is 1.92. The van der Waals surface area contributed by atoms with Gasteiger partial charge in [0.15, 0.2) is 0 Å². The lowest BCUT2D eigenvalue weighted by molar-refractivity contribution is 0.403. The zero-order valence-corrected chi connectivity index (χ0v) is 15.8. The molecule has 5 heteroatoms. The summed E-state index contributed by atoms with van der Waals surface area (Å²) in [5.74, 6) is 0.752. The Morgan fingerprint density at radius 1 is 1.04 bits per heavy atom. The summed E-state index contributed by atoms with van der Waals surface area (Å²) in [6, 6.07) is 13.9. The Labute approximate surface area is 154 Å². The van der Waals surface area contributed by atoms with Crippen molar-refractivity contribution < 1.29 is 4.74 Å². The van der Waals surface area contributed by atoms with Gasteiger partial charge in [-0.15, -0.1) is 12.4 Å². The molecule has 0 unspecified atom stereocenters. The molecule has 2 aromatic carbocycles. The molecule has 4 nitrogen and oxygen atoms in total. The Morgan fingerprint density at radius 3 is 2.44 bits per heavy atom. The zero-order valence-electron chi connectivity index (χ0n) is 14.9. The van der Waals surface area contributed by atoms with E-state index in [9.17, 15) is 4.79 Å². The molecule has 0 aliphatic heterocycles. The number of aromatic nitrogens is 1. The van der Waals surface area contributed by atoms with E-state index in [1.54, 1.807) is 18.7 Å². The predicted molar refractivity (Wildman–Crippen MR) is 106 cm³/mol. The van der Waals surface area contributed by atoms with Crippen molar-refractivity contribution in [3.8, 4) is 16.9 Å². The summed E-state index contributed by atoms with van der Waals surface area (Å²) < 4.78 is 7.01. The summed E-state index contributed by atoms with van der Waals surface area (Å²) in [6.45, 7) is 0.838. The van der Waals surface area contributed by atoms with Gasteiger partial charge in [-0.1, -0.05) is 24.3 Å². The lowest BCUT2D eigenvalue weighted by Crippen LogP contribution is -2.17. The largest absolute Gasteiger partial charge is 0.497 e. The number of fused-ring (bicyclic) bond motifs is 1. The van der Waals surface area contributed by atoms with Gasteiger partial charge in [0, 0.05) is 36.1 Å². The fraction of sp³-hybridized carbons (Fsp3) is 0.250. The van der Waals surface area contributed by atoms with Crippen molar-refractivity contribution in [1.29, 1.82) is 0 Å². The first-order chi connectivity index (χ1) is 11.5. The van der Waals surface area contributed by atoms with Crippen LogP contribution in [0.2, 0.25) is 0 Å². The fourth-order valence-corrected chi connectivity index (χ4v) is 3.05. The van der Waals surface area contributed by atoms with Crippen LogP contribution in [0.3, 0.4) is 0 Å². The van der Waals surface area contributed by atoms with E-state index in [0.29, 0.717) is 5.39 Å². The molecule has 0 atom stereocenters. The highest BCUT2D eigenvalue weighted by molar-refractivity contribution is 5.97. The molecule has 0 saturated heterocycles. The van der Waals surface area contributed by atoms with Crippen LogP contribution in [0.15, 0.2) is 53.5 Å². The molecule has 0 saturated carbocycles.